The molecule has 2 aliphatic rings. The van der Waals surface area contributed by atoms with Gasteiger partial charge < -0.3 is 15.0 Å². The molecule has 1 unspecified atom stereocenters. The molecule has 2 fully saturated rings. The van der Waals surface area contributed by atoms with Gasteiger partial charge in [-0.15, -0.1) is 0 Å². The van der Waals surface area contributed by atoms with Crippen LogP contribution >= 0.6 is 0 Å². The van der Waals surface area contributed by atoms with Crippen LogP contribution < -0.4 is 5.32 Å². The first-order valence-corrected chi connectivity index (χ1v) is 9.85. The number of anilines is 1. The summed E-state index contributed by atoms with van der Waals surface area (Å²) >= 11 is 0. The lowest BCUT2D eigenvalue weighted by atomic mass is 9.93. The topological polar surface area (TPSA) is 72.3 Å². The van der Waals surface area contributed by atoms with E-state index in [1.807, 2.05) is 40.2 Å². The maximum Gasteiger partial charge on any atom is 0.255 e. The summed E-state index contributed by atoms with van der Waals surface area (Å²) in [6.45, 7) is 4.11. The molecule has 7 nitrogen and oxygen atoms in total. The molecule has 7 heteroatoms. The SMILES string of the molecule is O=C(c1ccc(NC2CCOC2)nc1)N1CCC(CCn2cccn2)CC1. The Hall–Kier alpha value is -2.41. The smallest absolute Gasteiger partial charge is 0.255 e. The van der Waals surface area contributed by atoms with Crippen molar-refractivity contribution in [1.29, 1.82) is 0 Å². The van der Waals surface area contributed by atoms with Gasteiger partial charge in [-0.05, 0) is 49.8 Å². The number of amides is 1. The molecule has 0 saturated carbocycles. The number of pyridine rings is 1. The van der Waals surface area contributed by atoms with Crippen LogP contribution in [0.4, 0.5) is 5.82 Å². The van der Waals surface area contributed by atoms with Crippen LogP contribution in [-0.2, 0) is 11.3 Å². The maximum atomic E-state index is 12.7. The lowest BCUT2D eigenvalue weighted by molar-refractivity contribution is 0.0684. The Morgan fingerprint density at radius 2 is 2.15 bits per heavy atom. The van der Waals surface area contributed by atoms with E-state index in [9.17, 15) is 4.79 Å². The predicted molar refractivity (Wildman–Crippen MR) is 103 cm³/mol. The molecule has 144 valence electrons. The van der Waals surface area contributed by atoms with Gasteiger partial charge in [0.25, 0.3) is 5.91 Å². The Labute approximate surface area is 159 Å². The van der Waals surface area contributed by atoms with Crippen LogP contribution in [-0.4, -0.2) is 57.9 Å². The molecule has 0 aliphatic carbocycles. The summed E-state index contributed by atoms with van der Waals surface area (Å²) in [5, 5.41) is 7.61. The first-order chi connectivity index (χ1) is 13.3. The van der Waals surface area contributed by atoms with Crippen molar-refractivity contribution < 1.29 is 9.53 Å². The zero-order valence-electron chi connectivity index (χ0n) is 15.6. The Bertz CT molecular complexity index is 717. The third kappa shape index (κ3) is 4.66. The molecular formula is C20H27N5O2. The third-order valence-corrected chi connectivity index (χ3v) is 5.52. The van der Waals surface area contributed by atoms with E-state index >= 15 is 0 Å². The average molecular weight is 369 g/mol. The molecule has 0 aromatic carbocycles. The zero-order chi connectivity index (χ0) is 18.5. The number of aromatic nitrogens is 3. The van der Waals surface area contributed by atoms with Gasteiger partial charge in [0.1, 0.15) is 5.82 Å². The molecule has 2 saturated heterocycles. The summed E-state index contributed by atoms with van der Waals surface area (Å²) in [7, 11) is 0. The number of rotatable bonds is 6. The third-order valence-electron chi connectivity index (χ3n) is 5.52. The van der Waals surface area contributed by atoms with Crippen LogP contribution in [0.3, 0.4) is 0 Å². The molecule has 27 heavy (non-hydrogen) atoms. The fourth-order valence-corrected chi connectivity index (χ4v) is 3.82. The van der Waals surface area contributed by atoms with Gasteiger partial charge in [-0.25, -0.2) is 4.98 Å². The first kappa shape index (κ1) is 18.0. The van der Waals surface area contributed by atoms with Crippen molar-refractivity contribution in [3.63, 3.8) is 0 Å². The van der Waals surface area contributed by atoms with Gasteiger partial charge in [0.15, 0.2) is 0 Å². The number of carbonyl (C=O) groups is 1. The van der Waals surface area contributed by atoms with Gasteiger partial charge >= 0.3 is 0 Å². The number of likely N-dealkylation sites (tertiary alicyclic amines) is 1. The summed E-state index contributed by atoms with van der Waals surface area (Å²) in [5.41, 5.74) is 0.665. The van der Waals surface area contributed by atoms with Crippen molar-refractivity contribution in [1.82, 2.24) is 19.7 Å². The number of carbonyl (C=O) groups excluding carboxylic acids is 1. The van der Waals surface area contributed by atoms with Gasteiger partial charge in [0.05, 0.1) is 18.2 Å². The van der Waals surface area contributed by atoms with E-state index < -0.39 is 0 Å². The number of ether oxygens (including phenoxy) is 1. The summed E-state index contributed by atoms with van der Waals surface area (Å²) in [4.78, 5) is 19.1. The zero-order valence-corrected chi connectivity index (χ0v) is 15.6. The fourth-order valence-electron chi connectivity index (χ4n) is 3.82. The normalized spacial score (nSPS) is 20.7. The number of hydrogen-bond acceptors (Lipinski definition) is 5. The number of nitrogens with zero attached hydrogens (tertiary/aromatic N) is 4. The highest BCUT2D eigenvalue weighted by molar-refractivity contribution is 5.94. The average Bonchev–Trinajstić information content (AvgIpc) is 3.41. The molecule has 4 rings (SSSR count). The van der Waals surface area contributed by atoms with E-state index in [0.717, 1.165) is 64.3 Å². The van der Waals surface area contributed by atoms with Gasteiger partial charge in [0, 0.05) is 44.8 Å². The minimum atomic E-state index is 0.0868. The molecule has 2 aliphatic heterocycles. The summed E-state index contributed by atoms with van der Waals surface area (Å²) in [6.07, 6.45) is 9.74. The second kappa shape index (κ2) is 8.52. The lowest BCUT2D eigenvalue weighted by Gasteiger charge is -2.32. The van der Waals surface area contributed by atoms with E-state index in [0.29, 0.717) is 17.5 Å². The number of piperidine rings is 1. The van der Waals surface area contributed by atoms with Crippen LogP contribution in [0.15, 0.2) is 36.8 Å². The molecule has 1 N–H and O–H groups in total. The van der Waals surface area contributed by atoms with Gasteiger partial charge in [-0.1, -0.05) is 0 Å². The Kier molecular flexibility index (Phi) is 5.67. The van der Waals surface area contributed by atoms with E-state index in [4.69, 9.17) is 4.74 Å². The van der Waals surface area contributed by atoms with Crippen LogP contribution in [0, 0.1) is 5.92 Å². The molecule has 1 atom stereocenters. The minimum absolute atomic E-state index is 0.0868. The van der Waals surface area contributed by atoms with Crippen molar-refractivity contribution in [2.75, 3.05) is 31.6 Å². The second-order valence-electron chi connectivity index (χ2n) is 7.43. The Balaban J connectivity index is 1.24. The highest BCUT2D eigenvalue weighted by atomic mass is 16.5. The Morgan fingerprint density at radius 1 is 1.26 bits per heavy atom. The maximum absolute atomic E-state index is 12.7. The standard InChI is InChI=1S/C20H27N5O2/c26-20(17-2-3-19(21-14-17)23-18-7-13-27-15-18)24-10-4-16(5-11-24)6-12-25-9-1-8-22-25/h1-3,8-9,14,16,18H,4-7,10-13,15H2,(H,21,23). The molecule has 0 spiro atoms. The van der Waals surface area contributed by atoms with Gasteiger partial charge in [-0.3, -0.25) is 9.48 Å². The van der Waals surface area contributed by atoms with Crippen LogP contribution in [0.2, 0.25) is 0 Å². The number of nitrogens with one attached hydrogen (secondary N) is 1. The van der Waals surface area contributed by atoms with Gasteiger partial charge in [-0.2, -0.15) is 5.10 Å². The quantitative estimate of drug-likeness (QED) is 0.847. The number of hydrogen-bond donors (Lipinski definition) is 1. The lowest BCUT2D eigenvalue weighted by Crippen LogP contribution is -2.38. The first-order valence-electron chi connectivity index (χ1n) is 9.85. The highest BCUT2D eigenvalue weighted by Gasteiger charge is 2.24. The molecule has 0 bridgehead atoms. The van der Waals surface area contributed by atoms with Crippen LogP contribution in [0.1, 0.15) is 36.0 Å². The van der Waals surface area contributed by atoms with Gasteiger partial charge in [0.2, 0.25) is 0 Å². The van der Waals surface area contributed by atoms with Crippen molar-refractivity contribution in [3.05, 3.63) is 42.4 Å². The van der Waals surface area contributed by atoms with Crippen LogP contribution in [0.25, 0.3) is 0 Å². The fraction of sp³-hybridized carbons (Fsp3) is 0.550. The molecule has 2 aromatic heterocycles. The molecular weight excluding hydrogens is 342 g/mol. The van der Waals surface area contributed by atoms with E-state index in [-0.39, 0.29) is 5.91 Å². The second-order valence-corrected chi connectivity index (χ2v) is 7.43. The van der Waals surface area contributed by atoms with Crippen molar-refractivity contribution in [2.45, 2.75) is 38.3 Å². The molecule has 1 amide bonds. The van der Waals surface area contributed by atoms with Crippen LogP contribution in [0.5, 0.6) is 0 Å². The van der Waals surface area contributed by atoms with E-state index in [1.165, 1.54) is 0 Å². The monoisotopic (exact) mass is 369 g/mol. The molecule has 2 aromatic rings. The minimum Gasteiger partial charge on any atom is -0.379 e. The molecule has 4 heterocycles. The summed E-state index contributed by atoms with van der Waals surface area (Å²) in [6, 6.07) is 6.04. The van der Waals surface area contributed by atoms with Crippen molar-refractivity contribution >= 4 is 11.7 Å². The highest BCUT2D eigenvalue weighted by Crippen LogP contribution is 2.22. The molecule has 0 radical (unpaired) electrons. The van der Waals surface area contributed by atoms with E-state index in [2.05, 4.69) is 15.4 Å². The predicted octanol–water partition coefficient (Wildman–Crippen LogP) is 2.42. The Morgan fingerprint density at radius 3 is 2.81 bits per heavy atom. The summed E-state index contributed by atoms with van der Waals surface area (Å²) < 4.78 is 7.34. The van der Waals surface area contributed by atoms with Crippen molar-refractivity contribution in [3.8, 4) is 0 Å². The van der Waals surface area contributed by atoms with E-state index in [1.54, 1.807) is 6.20 Å². The van der Waals surface area contributed by atoms with Crippen molar-refractivity contribution in [2.24, 2.45) is 5.92 Å². The largest absolute Gasteiger partial charge is 0.379 e. The summed E-state index contributed by atoms with van der Waals surface area (Å²) in [5.74, 6) is 1.56. The number of aryl methyl sites for hydroxylation is 1.